The van der Waals surface area contributed by atoms with Crippen LogP contribution >= 0.6 is 11.8 Å². The highest BCUT2D eigenvalue weighted by Crippen LogP contribution is 2.30. The molecule has 0 radical (unpaired) electrons. The summed E-state index contributed by atoms with van der Waals surface area (Å²) in [6.45, 7) is 4.85. The number of hydrogen-bond acceptors (Lipinski definition) is 4. The zero-order valence-corrected chi connectivity index (χ0v) is 14.1. The highest BCUT2D eigenvalue weighted by atomic mass is 32.2. The monoisotopic (exact) mass is 309 g/mol. The van der Waals surface area contributed by atoms with Crippen LogP contribution in [-0.4, -0.2) is 35.8 Å². The van der Waals surface area contributed by atoms with Gasteiger partial charge in [0.2, 0.25) is 0 Å². The van der Waals surface area contributed by atoms with Crippen molar-refractivity contribution in [1.82, 2.24) is 5.32 Å². The first-order valence-corrected chi connectivity index (χ1v) is 8.86. The molecule has 2 rings (SSSR count). The highest BCUT2D eigenvalue weighted by molar-refractivity contribution is 7.99. The van der Waals surface area contributed by atoms with Crippen LogP contribution in [0.2, 0.25) is 0 Å². The van der Waals surface area contributed by atoms with E-state index in [1.807, 2.05) is 25.1 Å². The Labute approximate surface area is 132 Å². The van der Waals surface area contributed by atoms with Gasteiger partial charge in [0.1, 0.15) is 5.75 Å². The van der Waals surface area contributed by atoms with E-state index in [1.165, 1.54) is 25.0 Å². The van der Waals surface area contributed by atoms with E-state index in [2.05, 4.69) is 24.0 Å². The summed E-state index contributed by atoms with van der Waals surface area (Å²) in [5.74, 6) is 1.96. The SMILES string of the molecule is CCSC1CCC(NCC(O)c2cc(C)ccc2OC)C1. The molecule has 1 fully saturated rings. The second-order valence-electron chi connectivity index (χ2n) is 5.76. The molecule has 21 heavy (non-hydrogen) atoms. The van der Waals surface area contributed by atoms with Gasteiger partial charge in [-0.3, -0.25) is 0 Å². The van der Waals surface area contributed by atoms with Gasteiger partial charge in [0, 0.05) is 23.4 Å². The Balaban J connectivity index is 1.87. The molecule has 0 bridgehead atoms. The minimum Gasteiger partial charge on any atom is -0.496 e. The van der Waals surface area contributed by atoms with Crippen LogP contribution in [0.1, 0.15) is 43.4 Å². The lowest BCUT2D eigenvalue weighted by molar-refractivity contribution is 0.166. The summed E-state index contributed by atoms with van der Waals surface area (Å²) in [5.41, 5.74) is 2.02. The molecule has 2 N–H and O–H groups in total. The number of aliphatic hydroxyl groups excluding tert-OH is 1. The fraction of sp³-hybridized carbons (Fsp3) is 0.647. The first kappa shape index (κ1) is 16.7. The number of thioether (sulfide) groups is 1. The Morgan fingerprint density at radius 2 is 2.24 bits per heavy atom. The van der Waals surface area contributed by atoms with Crippen LogP contribution in [0, 0.1) is 6.92 Å². The van der Waals surface area contributed by atoms with Crippen molar-refractivity contribution >= 4 is 11.8 Å². The third-order valence-corrected chi connectivity index (χ3v) is 5.36. The molecule has 0 saturated heterocycles. The van der Waals surface area contributed by atoms with Gasteiger partial charge in [-0.2, -0.15) is 11.8 Å². The van der Waals surface area contributed by atoms with E-state index in [4.69, 9.17) is 4.74 Å². The maximum absolute atomic E-state index is 10.4. The predicted molar refractivity (Wildman–Crippen MR) is 90.3 cm³/mol. The zero-order chi connectivity index (χ0) is 15.2. The van der Waals surface area contributed by atoms with Crippen molar-refractivity contribution < 1.29 is 9.84 Å². The fourth-order valence-electron chi connectivity index (χ4n) is 3.02. The van der Waals surface area contributed by atoms with Crippen LogP contribution in [0.3, 0.4) is 0 Å². The molecule has 0 aromatic heterocycles. The molecule has 1 aliphatic carbocycles. The average Bonchev–Trinajstić information content (AvgIpc) is 2.93. The quantitative estimate of drug-likeness (QED) is 0.811. The molecule has 3 nitrogen and oxygen atoms in total. The van der Waals surface area contributed by atoms with E-state index in [0.29, 0.717) is 12.6 Å². The molecule has 1 aliphatic rings. The van der Waals surface area contributed by atoms with Crippen LogP contribution in [0.4, 0.5) is 0 Å². The first-order valence-electron chi connectivity index (χ1n) is 7.81. The molecule has 1 aromatic carbocycles. The topological polar surface area (TPSA) is 41.5 Å². The number of benzene rings is 1. The smallest absolute Gasteiger partial charge is 0.124 e. The molecular formula is C17H27NO2S. The minimum atomic E-state index is -0.516. The van der Waals surface area contributed by atoms with E-state index in [9.17, 15) is 5.11 Å². The van der Waals surface area contributed by atoms with Gasteiger partial charge >= 0.3 is 0 Å². The van der Waals surface area contributed by atoms with Gasteiger partial charge in [-0.05, 0) is 44.1 Å². The number of rotatable bonds is 7. The summed E-state index contributed by atoms with van der Waals surface area (Å²) in [6, 6.07) is 6.48. The lowest BCUT2D eigenvalue weighted by Crippen LogP contribution is -2.31. The standard InChI is InChI=1S/C17H27NO2S/c1-4-21-14-7-6-13(10-14)18-11-16(19)15-9-12(2)5-8-17(15)20-3/h5,8-9,13-14,16,18-19H,4,6-7,10-11H2,1-3H3. The number of methoxy groups -OCH3 is 1. The van der Waals surface area contributed by atoms with Gasteiger partial charge in [-0.1, -0.05) is 18.6 Å². The van der Waals surface area contributed by atoms with Gasteiger partial charge in [0.05, 0.1) is 13.2 Å². The zero-order valence-electron chi connectivity index (χ0n) is 13.3. The first-order chi connectivity index (χ1) is 10.1. The van der Waals surface area contributed by atoms with Crippen molar-refractivity contribution in [3.8, 4) is 5.75 Å². The Kier molecular flexibility index (Phi) is 6.40. The highest BCUT2D eigenvalue weighted by Gasteiger charge is 2.25. The maximum Gasteiger partial charge on any atom is 0.124 e. The summed E-state index contributed by atoms with van der Waals surface area (Å²) >= 11 is 2.06. The summed E-state index contributed by atoms with van der Waals surface area (Å²) in [6.07, 6.45) is 3.21. The molecule has 118 valence electrons. The Bertz CT molecular complexity index is 452. The van der Waals surface area contributed by atoms with Crippen molar-refractivity contribution in [1.29, 1.82) is 0 Å². The van der Waals surface area contributed by atoms with Gasteiger partial charge < -0.3 is 15.2 Å². The summed E-state index contributed by atoms with van der Waals surface area (Å²) in [5, 5.41) is 14.7. The number of nitrogens with one attached hydrogen (secondary N) is 1. The summed E-state index contributed by atoms with van der Waals surface area (Å²) in [4.78, 5) is 0. The molecule has 0 spiro atoms. The fourth-order valence-corrected chi connectivity index (χ4v) is 4.16. The Morgan fingerprint density at radius 3 is 2.95 bits per heavy atom. The van der Waals surface area contributed by atoms with E-state index >= 15 is 0 Å². The number of aryl methyl sites for hydroxylation is 1. The third kappa shape index (κ3) is 4.63. The number of aliphatic hydroxyl groups is 1. The summed E-state index contributed by atoms with van der Waals surface area (Å²) < 4.78 is 5.35. The van der Waals surface area contributed by atoms with E-state index in [0.717, 1.165) is 22.1 Å². The molecule has 1 aromatic rings. The van der Waals surface area contributed by atoms with Crippen molar-refractivity contribution in [3.63, 3.8) is 0 Å². The van der Waals surface area contributed by atoms with Crippen molar-refractivity contribution in [2.24, 2.45) is 0 Å². The molecule has 0 amide bonds. The largest absolute Gasteiger partial charge is 0.496 e. The van der Waals surface area contributed by atoms with Gasteiger partial charge in [0.15, 0.2) is 0 Å². The Hall–Kier alpha value is -0.710. The second-order valence-corrected chi connectivity index (χ2v) is 7.33. The molecule has 1 saturated carbocycles. The van der Waals surface area contributed by atoms with Crippen molar-refractivity contribution in [3.05, 3.63) is 29.3 Å². The number of ether oxygens (including phenoxy) is 1. The van der Waals surface area contributed by atoms with Crippen LogP contribution in [-0.2, 0) is 0 Å². The van der Waals surface area contributed by atoms with Crippen LogP contribution in [0.5, 0.6) is 5.75 Å². The lowest BCUT2D eigenvalue weighted by Gasteiger charge is -2.19. The third-order valence-electron chi connectivity index (χ3n) is 4.13. The molecule has 0 aliphatic heterocycles. The van der Waals surface area contributed by atoms with Crippen LogP contribution in [0.25, 0.3) is 0 Å². The molecule has 0 heterocycles. The predicted octanol–water partition coefficient (Wildman–Crippen LogP) is 3.30. The van der Waals surface area contributed by atoms with E-state index in [-0.39, 0.29) is 0 Å². The van der Waals surface area contributed by atoms with Gasteiger partial charge in [0.25, 0.3) is 0 Å². The van der Waals surface area contributed by atoms with Crippen LogP contribution < -0.4 is 10.1 Å². The maximum atomic E-state index is 10.4. The average molecular weight is 309 g/mol. The second kappa shape index (κ2) is 8.06. The van der Waals surface area contributed by atoms with Crippen molar-refractivity contribution in [2.45, 2.75) is 50.5 Å². The van der Waals surface area contributed by atoms with Crippen LogP contribution in [0.15, 0.2) is 18.2 Å². The van der Waals surface area contributed by atoms with E-state index < -0.39 is 6.10 Å². The normalized spacial score (nSPS) is 23.2. The molecule has 4 heteroatoms. The van der Waals surface area contributed by atoms with E-state index in [1.54, 1.807) is 7.11 Å². The van der Waals surface area contributed by atoms with Gasteiger partial charge in [-0.15, -0.1) is 0 Å². The number of hydrogen-bond donors (Lipinski definition) is 2. The minimum absolute atomic E-state index is 0.516. The lowest BCUT2D eigenvalue weighted by atomic mass is 10.0. The van der Waals surface area contributed by atoms with Gasteiger partial charge in [-0.25, -0.2) is 0 Å². The Morgan fingerprint density at radius 1 is 1.43 bits per heavy atom. The summed E-state index contributed by atoms with van der Waals surface area (Å²) in [7, 11) is 1.65. The van der Waals surface area contributed by atoms with Crippen molar-refractivity contribution in [2.75, 3.05) is 19.4 Å². The molecular weight excluding hydrogens is 282 g/mol. The molecule has 3 unspecified atom stereocenters. The molecule has 3 atom stereocenters.